The number of nitrogens with two attached hydrogens (primary N) is 1. The van der Waals surface area contributed by atoms with E-state index < -0.39 is 5.54 Å². The van der Waals surface area contributed by atoms with Crippen molar-refractivity contribution in [3.8, 4) is 0 Å². The van der Waals surface area contributed by atoms with Crippen LogP contribution in [0, 0.1) is 11.7 Å². The number of thioether (sulfide) groups is 1. The van der Waals surface area contributed by atoms with Crippen LogP contribution in [0.2, 0.25) is 0 Å². The van der Waals surface area contributed by atoms with Gasteiger partial charge in [-0.15, -0.1) is 0 Å². The van der Waals surface area contributed by atoms with Gasteiger partial charge in [-0.3, -0.25) is 4.98 Å². The first-order valence-corrected chi connectivity index (χ1v) is 8.80. The fraction of sp³-hybridized carbons (Fsp3) is 0.688. The van der Waals surface area contributed by atoms with E-state index in [0.717, 1.165) is 38.0 Å². The summed E-state index contributed by atoms with van der Waals surface area (Å²) in [6.07, 6.45) is 5.41. The SMILES string of the molecule is CC(N)(c1ccc(F)cn1)C1CCOC2(CCSCC2)C1. The number of ether oxygens (including phenoxy) is 1. The zero-order chi connectivity index (χ0) is 14.9. The standard InChI is InChI=1S/C16H23FN2OS/c1-15(18,14-3-2-13(17)11-19-14)12-4-7-20-16(10-12)5-8-21-9-6-16/h2-3,11-12H,4-10,18H2,1H3. The van der Waals surface area contributed by atoms with E-state index in [1.54, 1.807) is 6.07 Å². The molecule has 2 unspecified atom stereocenters. The van der Waals surface area contributed by atoms with Crippen LogP contribution in [-0.4, -0.2) is 28.7 Å². The third kappa shape index (κ3) is 3.10. The minimum atomic E-state index is -0.533. The highest BCUT2D eigenvalue weighted by Crippen LogP contribution is 2.44. The molecule has 5 heteroatoms. The van der Waals surface area contributed by atoms with Gasteiger partial charge in [0.15, 0.2) is 0 Å². The van der Waals surface area contributed by atoms with Crippen molar-refractivity contribution in [2.45, 2.75) is 43.7 Å². The molecule has 0 aliphatic carbocycles. The third-order valence-corrected chi connectivity index (χ3v) is 6.01. The third-order valence-electron chi connectivity index (χ3n) is 5.02. The second-order valence-electron chi connectivity index (χ2n) is 6.48. The molecule has 2 N–H and O–H groups in total. The monoisotopic (exact) mass is 310 g/mol. The molecule has 2 aliphatic rings. The quantitative estimate of drug-likeness (QED) is 0.912. The molecule has 1 aromatic heterocycles. The molecule has 2 fully saturated rings. The smallest absolute Gasteiger partial charge is 0.141 e. The summed E-state index contributed by atoms with van der Waals surface area (Å²) in [7, 11) is 0. The molecule has 0 radical (unpaired) electrons. The number of hydrogen-bond donors (Lipinski definition) is 1. The van der Waals surface area contributed by atoms with Gasteiger partial charge in [0.05, 0.1) is 23.0 Å². The van der Waals surface area contributed by atoms with E-state index in [4.69, 9.17) is 10.5 Å². The van der Waals surface area contributed by atoms with E-state index in [1.165, 1.54) is 23.8 Å². The van der Waals surface area contributed by atoms with E-state index in [0.29, 0.717) is 5.92 Å². The summed E-state index contributed by atoms with van der Waals surface area (Å²) >= 11 is 2.00. The molecule has 3 rings (SSSR count). The summed E-state index contributed by atoms with van der Waals surface area (Å²) in [6.45, 7) is 2.79. The number of aromatic nitrogens is 1. The average molecular weight is 310 g/mol. The Morgan fingerprint density at radius 2 is 2.19 bits per heavy atom. The van der Waals surface area contributed by atoms with Crippen molar-refractivity contribution in [1.82, 2.24) is 4.98 Å². The van der Waals surface area contributed by atoms with Crippen LogP contribution in [0.3, 0.4) is 0 Å². The average Bonchev–Trinajstić information content (AvgIpc) is 2.48. The summed E-state index contributed by atoms with van der Waals surface area (Å²) in [5.41, 5.74) is 6.86. The molecule has 3 heterocycles. The van der Waals surface area contributed by atoms with E-state index in [2.05, 4.69) is 4.98 Å². The molecule has 116 valence electrons. The first kappa shape index (κ1) is 15.3. The lowest BCUT2D eigenvalue weighted by Gasteiger charge is -2.47. The lowest BCUT2D eigenvalue weighted by atomic mass is 9.72. The Balaban J connectivity index is 1.79. The Hall–Kier alpha value is -0.650. The van der Waals surface area contributed by atoms with E-state index in [1.807, 2.05) is 18.7 Å². The maximum atomic E-state index is 13.1. The van der Waals surface area contributed by atoms with Crippen LogP contribution in [-0.2, 0) is 10.3 Å². The van der Waals surface area contributed by atoms with Crippen LogP contribution in [0.15, 0.2) is 18.3 Å². The molecule has 2 aliphatic heterocycles. The van der Waals surface area contributed by atoms with Gasteiger partial charge in [-0.25, -0.2) is 4.39 Å². The Bertz CT molecular complexity index is 480. The van der Waals surface area contributed by atoms with Crippen molar-refractivity contribution < 1.29 is 9.13 Å². The van der Waals surface area contributed by atoms with Crippen LogP contribution >= 0.6 is 11.8 Å². The lowest BCUT2D eigenvalue weighted by molar-refractivity contribution is -0.113. The Labute approximate surface area is 129 Å². The van der Waals surface area contributed by atoms with Gasteiger partial charge in [0.25, 0.3) is 0 Å². The van der Waals surface area contributed by atoms with Crippen LogP contribution in [0.1, 0.15) is 38.3 Å². The summed E-state index contributed by atoms with van der Waals surface area (Å²) in [6, 6.07) is 3.16. The van der Waals surface area contributed by atoms with Crippen molar-refractivity contribution in [3.05, 3.63) is 29.8 Å². The van der Waals surface area contributed by atoms with E-state index in [9.17, 15) is 4.39 Å². The molecule has 3 nitrogen and oxygen atoms in total. The number of rotatable bonds is 2. The predicted molar refractivity (Wildman–Crippen MR) is 83.7 cm³/mol. The van der Waals surface area contributed by atoms with Gasteiger partial charge >= 0.3 is 0 Å². The largest absolute Gasteiger partial charge is 0.375 e. The Morgan fingerprint density at radius 1 is 1.43 bits per heavy atom. The molecular formula is C16H23FN2OS. The molecular weight excluding hydrogens is 287 g/mol. The minimum Gasteiger partial charge on any atom is -0.375 e. The Kier molecular flexibility index (Phi) is 4.26. The number of hydrogen-bond acceptors (Lipinski definition) is 4. The fourth-order valence-corrected chi connectivity index (χ4v) is 4.77. The summed E-state index contributed by atoms with van der Waals surface area (Å²) in [5.74, 6) is 2.35. The molecule has 0 aromatic carbocycles. The van der Waals surface area contributed by atoms with E-state index >= 15 is 0 Å². The van der Waals surface area contributed by atoms with Crippen molar-refractivity contribution in [2.24, 2.45) is 11.7 Å². The lowest BCUT2D eigenvalue weighted by Crippen LogP contribution is -2.51. The molecule has 21 heavy (non-hydrogen) atoms. The van der Waals surface area contributed by atoms with Gasteiger partial charge in [0.2, 0.25) is 0 Å². The molecule has 2 atom stereocenters. The number of halogens is 1. The van der Waals surface area contributed by atoms with Crippen molar-refractivity contribution in [2.75, 3.05) is 18.1 Å². The van der Waals surface area contributed by atoms with Crippen LogP contribution in [0.4, 0.5) is 4.39 Å². The van der Waals surface area contributed by atoms with Gasteiger partial charge in [0, 0.05) is 6.61 Å². The highest BCUT2D eigenvalue weighted by molar-refractivity contribution is 7.99. The summed E-state index contributed by atoms with van der Waals surface area (Å²) < 4.78 is 19.2. The Morgan fingerprint density at radius 3 is 2.86 bits per heavy atom. The predicted octanol–water partition coefficient (Wildman–Crippen LogP) is 3.09. The van der Waals surface area contributed by atoms with Crippen molar-refractivity contribution >= 4 is 11.8 Å². The van der Waals surface area contributed by atoms with Gasteiger partial charge < -0.3 is 10.5 Å². The fourth-order valence-electron chi connectivity index (χ4n) is 3.54. The zero-order valence-electron chi connectivity index (χ0n) is 12.5. The van der Waals surface area contributed by atoms with Gasteiger partial charge in [0.1, 0.15) is 5.82 Å². The topological polar surface area (TPSA) is 48.1 Å². The first-order chi connectivity index (χ1) is 10.0. The maximum absolute atomic E-state index is 13.1. The van der Waals surface area contributed by atoms with Crippen molar-refractivity contribution in [1.29, 1.82) is 0 Å². The molecule has 1 aromatic rings. The highest BCUT2D eigenvalue weighted by Gasteiger charge is 2.44. The molecule has 1 spiro atoms. The van der Waals surface area contributed by atoms with Gasteiger partial charge in [-0.2, -0.15) is 11.8 Å². The zero-order valence-corrected chi connectivity index (χ0v) is 13.3. The molecule has 0 amide bonds. The van der Waals surface area contributed by atoms with Crippen molar-refractivity contribution in [3.63, 3.8) is 0 Å². The highest BCUT2D eigenvalue weighted by atomic mass is 32.2. The minimum absolute atomic E-state index is 0.00876. The number of nitrogens with zero attached hydrogens (tertiary/aromatic N) is 1. The number of pyridine rings is 1. The van der Waals surface area contributed by atoms with Gasteiger partial charge in [-0.1, -0.05) is 0 Å². The first-order valence-electron chi connectivity index (χ1n) is 7.64. The summed E-state index contributed by atoms with van der Waals surface area (Å²) in [4.78, 5) is 4.21. The maximum Gasteiger partial charge on any atom is 0.141 e. The second kappa shape index (κ2) is 5.86. The molecule has 0 saturated carbocycles. The van der Waals surface area contributed by atoms with Crippen LogP contribution in [0.25, 0.3) is 0 Å². The van der Waals surface area contributed by atoms with Crippen LogP contribution < -0.4 is 5.73 Å². The van der Waals surface area contributed by atoms with Gasteiger partial charge in [-0.05, 0) is 62.2 Å². The van der Waals surface area contributed by atoms with E-state index in [-0.39, 0.29) is 11.4 Å². The summed E-state index contributed by atoms with van der Waals surface area (Å²) in [5, 5.41) is 0. The normalized spacial score (nSPS) is 28.2. The second-order valence-corrected chi connectivity index (χ2v) is 7.70. The molecule has 2 saturated heterocycles. The van der Waals surface area contributed by atoms with Crippen LogP contribution in [0.5, 0.6) is 0 Å². The molecule has 0 bridgehead atoms.